The lowest BCUT2D eigenvalue weighted by molar-refractivity contribution is -0.158. The van der Waals surface area contributed by atoms with E-state index in [-0.39, 0.29) is 43.1 Å². The number of imide groups is 1. The van der Waals surface area contributed by atoms with E-state index in [2.05, 4.69) is 15.3 Å². The van der Waals surface area contributed by atoms with Crippen molar-refractivity contribution < 1.29 is 28.2 Å². The van der Waals surface area contributed by atoms with Gasteiger partial charge < -0.3 is 19.5 Å². The second-order valence-corrected chi connectivity index (χ2v) is 7.20. The van der Waals surface area contributed by atoms with Gasteiger partial charge in [0.25, 0.3) is 11.8 Å². The fraction of sp³-hybridized carbons (Fsp3) is 0.238. The number of halogens is 2. The summed E-state index contributed by atoms with van der Waals surface area (Å²) in [4.78, 5) is 33.2. The highest BCUT2D eigenvalue weighted by atomic mass is 35.5. The van der Waals surface area contributed by atoms with Crippen molar-refractivity contribution in [2.45, 2.75) is 0 Å². The Morgan fingerprint density at radius 3 is 2.66 bits per heavy atom. The Morgan fingerprint density at radius 1 is 1.16 bits per heavy atom. The van der Waals surface area contributed by atoms with Crippen LogP contribution in [0, 0.1) is 5.82 Å². The van der Waals surface area contributed by atoms with Gasteiger partial charge in [0.2, 0.25) is 0 Å². The van der Waals surface area contributed by atoms with E-state index in [4.69, 9.17) is 25.8 Å². The molecule has 9 nitrogen and oxygen atoms in total. The van der Waals surface area contributed by atoms with Gasteiger partial charge in [-0.05, 0) is 30.3 Å². The summed E-state index contributed by atoms with van der Waals surface area (Å²) in [5.41, 5.74) is 0.682. The van der Waals surface area contributed by atoms with Crippen molar-refractivity contribution in [3.8, 4) is 11.8 Å². The number of nitrogens with one attached hydrogen (secondary N) is 1. The maximum absolute atomic E-state index is 14.2. The number of methoxy groups -OCH3 is 1. The molecule has 1 aliphatic heterocycles. The average molecular weight is 461 g/mol. The van der Waals surface area contributed by atoms with Gasteiger partial charge in [-0.1, -0.05) is 11.6 Å². The summed E-state index contributed by atoms with van der Waals surface area (Å²) < 4.78 is 30.0. The number of fused-ring (bicyclic) bond motifs is 1. The van der Waals surface area contributed by atoms with E-state index in [1.54, 1.807) is 24.3 Å². The molecule has 1 saturated heterocycles. The van der Waals surface area contributed by atoms with Crippen molar-refractivity contribution in [2.24, 2.45) is 0 Å². The highest BCUT2D eigenvalue weighted by Crippen LogP contribution is 2.30. The molecule has 166 valence electrons. The minimum absolute atomic E-state index is 0.0797. The maximum Gasteiger partial charge on any atom is 0.318 e. The van der Waals surface area contributed by atoms with Gasteiger partial charge in [-0.25, -0.2) is 4.39 Å². The molecule has 1 aliphatic rings. The standard InChI is InChI=1S/C21H18ClFN4O5/c1-30-21-25-17-9-13(32-7-6-27-18(28)10-31-11-19(27)29)3-4-14(17)20(26-21)24-16-5-2-12(22)8-15(16)23/h2-5,8-9H,6-7,10-11H2,1H3,(H,24,25,26). The molecule has 32 heavy (non-hydrogen) atoms. The number of hydrogen-bond donors (Lipinski definition) is 1. The molecule has 11 heteroatoms. The molecular formula is C21H18ClFN4O5. The number of carbonyl (C=O) groups is 2. The topological polar surface area (TPSA) is 103 Å². The summed E-state index contributed by atoms with van der Waals surface area (Å²) >= 11 is 5.81. The van der Waals surface area contributed by atoms with Crippen molar-refractivity contribution in [3.05, 3.63) is 47.2 Å². The van der Waals surface area contributed by atoms with E-state index in [9.17, 15) is 14.0 Å². The molecular weight excluding hydrogens is 443 g/mol. The van der Waals surface area contributed by atoms with Gasteiger partial charge in [0.15, 0.2) is 0 Å². The molecule has 1 N–H and O–H groups in total. The highest BCUT2D eigenvalue weighted by Gasteiger charge is 2.26. The molecule has 3 aromatic rings. The smallest absolute Gasteiger partial charge is 0.318 e. The zero-order valence-electron chi connectivity index (χ0n) is 16.9. The molecule has 0 bridgehead atoms. The quantitative estimate of drug-likeness (QED) is 0.537. The Kier molecular flexibility index (Phi) is 6.33. The maximum atomic E-state index is 14.2. The Morgan fingerprint density at radius 2 is 1.94 bits per heavy atom. The first-order valence-electron chi connectivity index (χ1n) is 9.56. The van der Waals surface area contributed by atoms with Crippen LogP contribution >= 0.6 is 11.6 Å². The van der Waals surface area contributed by atoms with Crippen molar-refractivity contribution in [3.63, 3.8) is 0 Å². The molecule has 2 aromatic carbocycles. The second-order valence-electron chi connectivity index (χ2n) is 6.77. The van der Waals surface area contributed by atoms with E-state index in [1.807, 2.05) is 0 Å². The highest BCUT2D eigenvalue weighted by molar-refractivity contribution is 6.30. The zero-order valence-corrected chi connectivity index (χ0v) is 17.7. The van der Waals surface area contributed by atoms with Crippen LogP contribution in [0.15, 0.2) is 36.4 Å². The average Bonchev–Trinajstić information content (AvgIpc) is 2.77. The Labute approximate surface area is 187 Å². The lowest BCUT2D eigenvalue weighted by atomic mass is 10.2. The van der Waals surface area contributed by atoms with Gasteiger partial charge >= 0.3 is 6.01 Å². The molecule has 0 atom stereocenters. The van der Waals surface area contributed by atoms with E-state index in [1.165, 1.54) is 19.2 Å². The summed E-state index contributed by atoms with van der Waals surface area (Å²) in [5.74, 6) is -0.522. The molecule has 0 radical (unpaired) electrons. The Bertz CT molecular complexity index is 1180. The number of anilines is 2. The third-order valence-corrected chi connectivity index (χ3v) is 4.89. The fourth-order valence-corrected chi connectivity index (χ4v) is 3.27. The summed E-state index contributed by atoms with van der Waals surface area (Å²) in [6.07, 6.45) is 0. The third-order valence-electron chi connectivity index (χ3n) is 4.65. The SMILES string of the molecule is COc1nc(Nc2ccc(Cl)cc2F)c2ccc(OCCN3C(=O)COCC3=O)cc2n1. The van der Waals surface area contributed by atoms with E-state index in [0.717, 1.165) is 4.90 Å². The summed E-state index contributed by atoms with van der Waals surface area (Å²) in [5, 5.41) is 3.81. The molecule has 0 aliphatic carbocycles. The lowest BCUT2D eigenvalue weighted by Crippen LogP contribution is -2.47. The van der Waals surface area contributed by atoms with Crippen LogP contribution in [0.4, 0.5) is 15.9 Å². The predicted molar refractivity (Wildman–Crippen MR) is 114 cm³/mol. The number of hydrogen-bond acceptors (Lipinski definition) is 8. The molecule has 0 saturated carbocycles. The monoisotopic (exact) mass is 460 g/mol. The van der Waals surface area contributed by atoms with Crippen LogP contribution < -0.4 is 14.8 Å². The number of rotatable bonds is 7. The lowest BCUT2D eigenvalue weighted by Gasteiger charge is -2.24. The van der Waals surface area contributed by atoms with E-state index < -0.39 is 17.6 Å². The number of carbonyl (C=O) groups excluding carboxylic acids is 2. The molecule has 4 rings (SSSR count). The minimum atomic E-state index is -0.532. The zero-order chi connectivity index (χ0) is 22.7. The number of benzene rings is 2. The van der Waals surface area contributed by atoms with Crippen molar-refractivity contribution in [1.29, 1.82) is 0 Å². The van der Waals surface area contributed by atoms with Crippen molar-refractivity contribution >= 4 is 45.8 Å². The van der Waals surface area contributed by atoms with Crippen LogP contribution in [-0.2, 0) is 14.3 Å². The van der Waals surface area contributed by atoms with Crippen LogP contribution in [0.3, 0.4) is 0 Å². The largest absolute Gasteiger partial charge is 0.492 e. The summed E-state index contributed by atoms with van der Waals surface area (Å²) in [7, 11) is 1.42. The number of amides is 2. The van der Waals surface area contributed by atoms with Gasteiger partial charge in [0.05, 0.1) is 24.9 Å². The van der Waals surface area contributed by atoms with Crippen LogP contribution in [-0.4, -0.2) is 60.2 Å². The fourth-order valence-electron chi connectivity index (χ4n) is 3.11. The van der Waals surface area contributed by atoms with Crippen LogP contribution in [0.2, 0.25) is 5.02 Å². The molecule has 0 unspecified atom stereocenters. The van der Waals surface area contributed by atoms with Gasteiger partial charge in [-0.3, -0.25) is 14.5 Å². The van der Waals surface area contributed by atoms with Crippen molar-refractivity contribution in [1.82, 2.24) is 14.9 Å². The van der Waals surface area contributed by atoms with Gasteiger partial charge in [-0.2, -0.15) is 9.97 Å². The Hall–Kier alpha value is -3.50. The van der Waals surface area contributed by atoms with Crippen LogP contribution in [0.5, 0.6) is 11.8 Å². The first-order valence-corrected chi connectivity index (χ1v) is 9.94. The van der Waals surface area contributed by atoms with Crippen molar-refractivity contribution in [2.75, 3.05) is 38.8 Å². The number of ether oxygens (including phenoxy) is 3. The second kappa shape index (κ2) is 9.33. The molecule has 1 fully saturated rings. The molecule has 2 heterocycles. The van der Waals surface area contributed by atoms with Gasteiger partial charge in [-0.15, -0.1) is 0 Å². The molecule has 0 spiro atoms. The number of morpholine rings is 1. The van der Waals surface area contributed by atoms with Gasteiger partial charge in [0.1, 0.15) is 37.2 Å². The first-order chi connectivity index (χ1) is 15.4. The normalized spacial score (nSPS) is 14.0. The number of nitrogens with zero attached hydrogens (tertiary/aromatic N) is 3. The number of aromatic nitrogens is 2. The third kappa shape index (κ3) is 4.71. The molecule has 2 amide bonds. The first kappa shape index (κ1) is 21.7. The summed E-state index contributed by atoms with van der Waals surface area (Å²) in [6.45, 7) is -0.0358. The predicted octanol–water partition coefficient (Wildman–Crippen LogP) is 2.94. The van der Waals surface area contributed by atoms with Crippen LogP contribution in [0.1, 0.15) is 0 Å². The van der Waals surface area contributed by atoms with Gasteiger partial charge in [0, 0.05) is 16.5 Å². The van der Waals surface area contributed by atoms with Crippen LogP contribution in [0.25, 0.3) is 10.9 Å². The summed E-state index contributed by atoms with van der Waals surface area (Å²) in [6, 6.07) is 9.39. The van der Waals surface area contributed by atoms with E-state index >= 15 is 0 Å². The molecule has 1 aromatic heterocycles. The Balaban J connectivity index is 1.54. The minimum Gasteiger partial charge on any atom is -0.492 e. The van der Waals surface area contributed by atoms with E-state index in [0.29, 0.717) is 22.5 Å².